The summed E-state index contributed by atoms with van der Waals surface area (Å²) in [5, 5.41) is 3.78. The van der Waals surface area contributed by atoms with Crippen LogP contribution in [-0.4, -0.2) is 34.0 Å². The molecule has 29 heavy (non-hydrogen) atoms. The fraction of sp³-hybridized carbons (Fsp3) is 0.440. The number of anilines is 1. The molecule has 1 aromatic carbocycles. The van der Waals surface area contributed by atoms with Gasteiger partial charge in [0.05, 0.1) is 17.6 Å². The Hall–Kier alpha value is -2.46. The molecule has 1 saturated heterocycles. The Morgan fingerprint density at radius 2 is 2.03 bits per heavy atom. The van der Waals surface area contributed by atoms with Crippen molar-refractivity contribution in [1.82, 2.24) is 14.9 Å². The van der Waals surface area contributed by atoms with Crippen molar-refractivity contribution in [2.75, 3.05) is 18.4 Å². The van der Waals surface area contributed by atoms with Crippen molar-refractivity contribution in [3.63, 3.8) is 0 Å². The van der Waals surface area contributed by atoms with Gasteiger partial charge in [0.2, 0.25) is 0 Å². The zero-order chi connectivity index (χ0) is 20.0. The Bertz CT molecular complexity index is 1010. The molecule has 0 radical (unpaired) electrons. The highest BCUT2D eigenvalue weighted by Gasteiger charge is 2.46. The standard InChI is InChI=1S/C25H30N4/c1-4-25-11-7-12-29-13-10-19(18(3)24(25)29)20-8-5-6-9-21(20)28-22(14-25)23-16-26-15-17(2)27-23/h5-6,8-9,14-16,24,28H,4,7,10-13H2,1-3H3/b22-14-/t24-,25+/m1/s1. The monoisotopic (exact) mass is 386 g/mol. The molecule has 3 aliphatic rings. The zero-order valence-corrected chi connectivity index (χ0v) is 17.7. The lowest BCUT2D eigenvalue weighted by Gasteiger charge is -2.52. The second-order valence-electron chi connectivity index (χ2n) is 8.81. The van der Waals surface area contributed by atoms with Crippen LogP contribution >= 0.6 is 0 Å². The molecular weight excluding hydrogens is 356 g/mol. The molecule has 2 atom stereocenters. The number of piperidine rings is 1. The summed E-state index contributed by atoms with van der Waals surface area (Å²) in [6.45, 7) is 9.11. The van der Waals surface area contributed by atoms with Gasteiger partial charge in [0.15, 0.2) is 0 Å². The third kappa shape index (κ3) is 3.01. The summed E-state index contributed by atoms with van der Waals surface area (Å²) in [4.78, 5) is 12.0. The Balaban J connectivity index is 1.78. The molecule has 2 bridgehead atoms. The van der Waals surface area contributed by atoms with E-state index in [-0.39, 0.29) is 5.41 Å². The Kier molecular flexibility index (Phi) is 4.54. The number of aromatic nitrogens is 2. The van der Waals surface area contributed by atoms with E-state index in [1.165, 1.54) is 36.2 Å². The number of para-hydroxylation sites is 1. The van der Waals surface area contributed by atoms with Crippen LogP contribution in [0.2, 0.25) is 0 Å². The van der Waals surface area contributed by atoms with Gasteiger partial charge < -0.3 is 5.32 Å². The molecule has 1 aromatic heterocycles. The smallest absolute Gasteiger partial charge is 0.105 e. The minimum atomic E-state index is 0.115. The van der Waals surface area contributed by atoms with Gasteiger partial charge in [0.1, 0.15) is 5.69 Å². The lowest BCUT2D eigenvalue weighted by atomic mass is 9.66. The predicted molar refractivity (Wildman–Crippen MR) is 119 cm³/mol. The number of hydrogen-bond donors (Lipinski definition) is 1. The van der Waals surface area contributed by atoms with Gasteiger partial charge in [-0.1, -0.05) is 36.8 Å². The normalized spacial score (nSPS) is 28.4. The highest BCUT2D eigenvalue weighted by Crippen LogP contribution is 2.50. The lowest BCUT2D eigenvalue weighted by molar-refractivity contribution is 0.0620. The highest BCUT2D eigenvalue weighted by atomic mass is 15.2. The molecule has 0 amide bonds. The number of aryl methyl sites for hydroxylation is 1. The van der Waals surface area contributed by atoms with Crippen LogP contribution in [-0.2, 0) is 0 Å². The molecular formula is C25H30N4. The number of fused-ring (bicyclic) bond motifs is 2. The summed E-state index contributed by atoms with van der Waals surface area (Å²) in [7, 11) is 0. The fourth-order valence-electron chi connectivity index (χ4n) is 5.83. The number of nitrogens with one attached hydrogen (secondary N) is 1. The second-order valence-corrected chi connectivity index (χ2v) is 8.81. The summed E-state index contributed by atoms with van der Waals surface area (Å²) in [6, 6.07) is 9.22. The van der Waals surface area contributed by atoms with Gasteiger partial charge >= 0.3 is 0 Å². The quantitative estimate of drug-likeness (QED) is 0.761. The van der Waals surface area contributed by atoms with E-state index in [0.29, 0.717) is 6.04 Å². The molecule has 5 rings (SSSR count). The van der Waals surface area contributed by atoms with Crippen LogP contribution in [0.15, 0.2) is 48.3 Å². The van der Waals surface area contributed by atoms with Gasteiger partial charge in [-0.15, -0.1) is 0 Å². The number of hydrogen-bond acceptors (Lipinski definition) is 4. The first-order valence-electron chi connectivity index (χ1n) is 10.9. The molecule has 0 spiro atoms. The van der Waals surface area contributed by atoms with Crippen LogP contribution in [0.1, 0.15) is 56.5 Å². The van der Waals surface area contributed by atoms with Crippen molar-refractivity contribution in [1.29, 1.82) is 0 Å². The van der Waals surface area contributed by atoms with Crippen LogP contribution in [0.5, 0.6) is 0 Å². The van der Waals surface area contributed by atoms with Crippen molar-refractivity contribution in [3.8, 4) is 0 Å². The summed E-state index contributed by atoms with van der Waals surface area (Å²) < 4.78 is 0. The Labute approximate surface area is 173 Å². The maximum absolute atomic E-state index is 4.83. The van der Waals surface area contributed by atoms with E-state index in [4.69, 9.17) is 4.98 Å². The number of benzene rings is 1. The van der Waals surface area contributed by atoms with E-state index in [1.807, 2.05) is 19.3 Å². The maximum Gasteiger partial charge on any atom is 0.105 e. The van der Waals surface area contributed by atoms with Crippen LogP contribution in [0.3, 0.4) is 0 Å². The minimum Gasteiger partial charge on any atom is -0.353 e. The van der Waals surface area contributed by atoms with Gasteiger partial charge in [-0.25, -0.2) is 4.98 Å². The van der Waals surface area contributed by atoms with Gasteiger partial charge in [-0.3, -0.25) is 9.88 Å². The Morgan fingerprint density at radius 1 is 1.17 bits per heavy atom. The van der Waals surface area contributed by atoms with Crippen molar-refractivity contribution in [3.05, 3.63) is 65.3 Å². The van der Waals surface area contributed by atoms with Crippen molar-refractivity contribution in [2.45, 2.75) is 52.5 Å². The van der Waals surface area contributed by atoms with E-state index in [9.17, 15) is 0 Å². The SMILES string of the molecule is CC[C@]12/C=C(/c3cncc(C)n3)Nc3ccccc3C3=C(C)[C@H]1N(CCC2)CC3. The zero-order valence-electron chi connectivity index (χ0n) is 17.7. The highest BCUT2D eigenvalue weighted by molar-refractivity contribution is 5.86. The maximum atomic E-state index is 4.83. The van der Waals surface area contributed by atoms with Gasteiger partial charge in [0, 0.05) is 35.4 Å². The average molecular weight is 387 g/mol. The van der Waals surface area contributed by atoms with Crippen molar-refractivity contribution in [2.24, 2.45) is 5.41 Å². The molecule has 4 heteroatoms. The predicted octanol–water partition coefficient (Wildman–Crippen LogP) is 5.29. The topological polar surface area (TPSA) is 41.1 Å². The third-order valence-corrected chi connectivity index (χ3v) is 7.17. The van der Waals surface area contributed by atoms with Gasteiger partial charge in [-0.2, -0.15) is 0 Å². The van der Waals surface area contributed by atoms with Gasteiger partial charge in [0.25, 0.3) is 0 Å². The number of rotatable bonds is 2. The van der Waals surface area contributed by atoms with Crippen LogP contribution in [0.4, 0.5) is 5.69 Å². The van der Waals surface area contributed by atoms with E-state index < -0.39 is 0 Å². The first-order valence-corrected chi connectivity index (χ1v) is 10.9. The summed E-state index contributed by atoms with van der Waals surface area (Å²) in [5.41, 5.74) is 8.69. The second kappa shape index (κ2) is 7.10. The summed E-state index contributed by atoms with van der Waals surface area (Å²) in [5.74, 6) is 0. The molecule has 150 valence electrons. The van der Waals surface area contributed by atoms with Crippen molar-refractivity contribution < 1.29 is 0 Å². The van der Waals surface area contributed by atoms with Crippen LogP contribution < -0.4 is 5.32 Å². The fourth-order valence-corrected chi connectivity index (χ4v) is 5.83. The van der Waals surface area contributed by atoms with E-state index in [2.05, 4.69) is 59.4 Å². The average Bonchev–Trinajstić information content (AvgIpc) is 2.77. The molecule has 2 aromatic rings. The Morgan fingerprint density at radius 3 is 2.86 bits per heavy atom. The molecule has 3 aliphatic heterocycles. The largest absolute Gasteiger partial charge is 0.353 e. The summed E-state index contributed by atoms with van der Waals surface area (Å²) >= 11 is 0. The van der Waals surface area contributed by atoms with Crippen LogP contribution in [0.25, 0.3) is 11.3 Å². The van der Waals surface area contributed by atoms with Gasteiger partial charge in [-0.05, 0) is 57.7 Å². The minimum absolute atomic E-state index is 0.115. The molecule has 0 unspecified atom stereocenters. The summed E-state index contributed by atoms with van der Waals surface area (Å²) in [6.07, 6.45) is 10.9. The molecule has 0 saturated carbocycles. The van der Waals surface area contributed by atoms with E-state index >= 15 is 0 Å². The third-order valence-electron chi connectivity index (χ3n) is 7.17. The molecule has 4 heterocycles. The molecule has 1 fully saturated rings. The molecule has 4 nitrogen and oxygen atoms in total. The lowest BCUT2D eigenvalue weighted by Crippen LogP contribution is -2.54. The molecule has 0 aliphatic carbocycles. The molecule has 1 N–H and O–H groups in total. The first kappa shape index (κ1) is 18.6. The number of nitrogens with zero attached hydrogens (tertiary/aromatic N) is 3. The van der Waals surface area contributed by atoms with Crippen LogP contribution in [0, 0.1) is 12.3 Å². The van der Waals surface area contributed by atoms with Crippen molar-refractivity contribution >= 4 is 17.0 Å². The van der Waals surface area contributed by atoms with E-state index in [0.717, 1.165) is 36.5 Å². The first-order chi connectivity index (χ1) is 14.1. The van der Waals surface area contributed by atoms with E-state index in [1.54, 1.807) is 5.57 Å².